The highest BCUT2D eigenvalue weighted by molar-refractivity contribution is 7.11. The topological polar surface area (TPSA) is 45.8 Å². The highest BCUT2D eigenvalue weighted by Gasteiger charge is 2.40. The molecule has 120 valence electrons. The summed E-state index contributed by atoms with van der Waals surface area (Å²) in [7, 11) is 0. The maximum Gasteiger partial charge on any atom is 0.186 e. The van der Waals surface area contributed by atoms with Crippen LogP contribution in [0.15, 0.2) is 41.1 Å². The zero-order valence-electron chi connectivity index (χ0n) is 13.0. The molecule has 3 aromatic rings. The van der Waals surface area contributed by atoms with Crippen LogP contribution in [-0.2, 0) is 11.8 Å². The highest BCUT2D eigenvalue weighted by atomic mass is 32.1. The molecule has 0 amide bonds. The van der Waals surface area contributed by atoms with Crippen LogP contribution in [-0.4, -0.2) is 16.0 Å². The molecule has 0 aromatic carbocycles. The van der Waals surface area contributed by atoms with Gasteiger partial charge in [-0.05, 0) is 35.7 Å². The smallest absolute Gasteiger partial charge is 0.186 e. The third-order valence-corrected chi connectivity index (χ3v) is 7.07. The van der Waals surface area contributed by atoms with Gasteiger partial charge >= 0.3 is 0 Å². The van der Waals surface area contributed by atoms with Gasteiger partial charge in [-0.15, -0.1) is 22.7 Å². The summed E-state index contributed by atoms with van der Waals surface area (Å²) in [6, 6.07) is 8.61. The highest BCUT2D eigenvalue weighted by Crippen LogP contribution is 2.45. The van der Waals surface area contributed by atoms with Crippen molar-refractivity contribution in [1.29, 1.82) is 0 Å². The van der Waals surface area contributed by atoms with E-state index in [-0.39, 0.29) is 17.1 Å². The van der Waals surface area contributed by atoms with E-state index in [2.05, 4.69) is 57.4 Å². The molecule has 24 heavy (non-hydrogen) atoms. The van der Waals surface area contributed by atoms with Crippen LogP contribution in [0.25, 0.3) is 6.08 Å². The number of thiophene rings is 2. The number of nitrogens with zero attached hydrogens (tertiary/aromatic N) is 1. The van der Waals surface area contributed by atoms with Crippen molar-refractivity contribution in [2.24, 2.45) is 5.92 Å². The van der Waals surface area contributed by atoms with Gasteiger partial charge in [-0.25, -0.2) is 0 Å². The average molecular weight is 352 g/mol. The van der Waals surface area contributed by atoms with Gasteiger partial charge in [-0.1, -0.05) is 24.3 Å². The Morgan fingerprint density at radius 3 is 2.46 bits per heavy atom. The number of fused-ring (bicyclic) bond motifs is 1. The van der Waals surface area contributed by atoms with E-state index >= 15 is 0 Å². The second-order valence-electron chi connectivity index (χ2n) is 6.54. The Bertz CT molecular complexity index is 881. The maximum atomic E-state index is 12.4. The number of carbonyl (C=O) groups is 1. The molecule has 0 unspecified atom stereocenters. The SMILES string of the molecule is O=C(c1n[nH]c2c1C=CC(c1cccs1)(c1cccs1)C2)C1CC1. The van der Waals surface area contributed by atoms with Crippen LogP contribution < -0.4 is 0 Å². The average Bonchev–Trinajstić information content (AvgIpc) is 3.05. The fourth-order valence-corrected chi connectivity index (χ4v) is 5.42. The molecule has 3 nitrogen and oxygen atoms in total. The van der Waals surface area contributed by atoms with Gasteiger partial charge in [0.2, 0.25) is 0 Å². The third-order valence-electron chi connectivity index (χ3n) is 4.98. The molecular formula is C19H16N2OS2. The van der Waals surface area contributed by atoms with Crippen LogP contribution in [0.1, 0.15) is 44.3 Å². The largest absolute Gasteiger partial charge is 0.292 e. The summed E-state index contributed by atoms with van der Waals surface area (Å²) in [6.45, 7) is 0. The molecule has 1 fully saturated rings. The molecule has 1 N–H and O–H groups in total. The Balaban J connectivity index is 1.62. The lowest BCUT2D eigenvalue weighted by molar-refractivity contribution is 0.0962. The van der Waals surface area contributed by atoms with Gasteiger partial charge in [0.1, 0.15) is 5.69 Å². The van der Waals surface area contributed by atoms with E-state index in [9.17, 15) is 4.79 Å². The number of rotatable bonds is 4. The van der Waals surface area contributed by atoms with Gasteiger partial charge in [0, 0.05) is 33.4 Å². The maximum absolute atomic E-state index is 12.4. The number of allylic oxidation sites excluding steroid dienone is 1. The van der Waals surface area contributed by atoms with Crippen LogP contribution in [0.5, 0.6) is 0 Å². The minimum Gasteiger partial charge on any atom is -0.292 e. The molecule has 0 spiro atoms. The molecule has 3 aromatic heterocycles. The lowest BCUT2D eigenvalue weighted by atomic mass is 9.75. The fraction of sp³-hybridized carbons (Fsp3) is 0.263. The Morgan fingerprint density at radius 2 is 1.88 bits per heavy atom. The Labute approximate surface area is 148 Å². The molecule has 0 aliphatic heterocycles. The quantitative estimate of drug-likeness (QED) is 0.693. The van der Waals surface area contributed by atoms with Crippen molar-refractivity contribution in [3.63, 3.8) is 0 Å². The number of H-pyrrole nitrogens is 1. The molecular weight excluding hydrogens is 336 g/mol. The minimum atomic E-state index is -0.151. The van der Waals surface area contributed by atoms with Crippen molar-refractivity contribution >= 4 is 34.5 Å². The van der Waals surface area contributed by atoms with E-state index in [1.54, 1.807) is 22.7 Å². The van der Waals surface area contributed by atoms with Crippen molar-refractivity contribution in [2.75, 3.05) is 0 Å². The summed E-state index contributed by atoms with van der Waals surface area (Å²) in [6.07, 6.45) is 7.23. The molecule has 0 bridgehead atoms. The Hall–Kier alpha value is -1.98. The predicted octanol–water partition coefficient (Wildman–Crippen LogP) is 4.68. The van der Waals surface area contributed by atoms with E-state index in [0.29, 0.717) is 5.69 Å². The summed E-state index contributed by atoms with van der Waals surface area (Å²) >= 11 is 3.57. The zero-order chi connectivity index (χ0) is 16.1. The normalized spacial score (nSPS) is 18.5. The van der Waals surface area contributed by atoms with Gasteiger partial charge in [0.05, 0.1) is 5.41 Å². The number of carbonyl (C=O) groups excluding carboxylic acids is 1. The number of nitrogens with one attached hydrogen (secondary N) is 1. The first-order valence-corrected chi connectivity index (χ1v) is 9.92. The molecule has 0 saturated heterocycles. The van der Waals surface area contributed by atoms with Crippen LogP contribution in [0.2, 0.25) is 0 Å². The number of ketones is 1. The Kier molecular flexibility index (Phi) is 3.15. The number of hydrogen-bond acceptors (Lipinski definition) is 4. The summed E-state index contributed by atoms with van der Waals surface area (Å²) < 4.78 is 0. The monoisotopic (exact) mass is 352 g/mol. The van der Waals surface area contributed by atoms with E-state index in [0.717, 1.165) is 30.5 Å². The lowest BCUT2D eigenvalue weighted by Gasteiger charge is -2.31. The van der Waals surface area contributed by atoms with Crippen LogP contribution in [0, 0.1) is 5.92 Å². The van der Waals surface area contributed by atoms with Gasteiger partial charge in [-0.2, -0.15) is 5.10 Å². The molecule has 2 aliphatic carbocycles. The third kappa shape index (κ3) is 2.08. The molecule has 1 saturated carbocycles. The van der Waals surface area contributed by atoms with Crippen molar-refractivity contribution in [1.82, 2.24) is 10.2 Å². The molecule has 3 heterocycles. The summed E-state index contributed by atoms with van der Waals surface area (Å²) in [5.41, 5.74) is 2.55. The summed E-state index contributed by atoms with van der Waals surface area (Å²) in [4.78, 5) is 15.1. The van der Waals surface area contributed by atoms with Crippen LogP contribution in [0.4, 0.5) is 0 Å². The standard InChI is InChI=1S/C19H16N2OS2/c22-18(12-5-6-12)17-13-7-8-19(11-14(13)20-21-17,15-3-1-9-23-15)16-4-2-10-24-16/h1-4,7-10,12H,5-6,11H2,(H,20,21). The van der Waals surface area contributed by atoms with Crippen LogP contribution >= 0.6 is 22.7 Å². The number of aromatic amines is 1. The van der Waals surface area contributed by atoms with Crippen molar-refractivity contribution in [3.05, 3.63) is 67.8 Å². The summed E-state index contributed by atoms with van der Waals surface area (Å²) in [5, 5.41) is 11.8. The van der Waals surface area contributed by atoms with Crippen molar-refractivity contribution in [2.45, 2.75) is 24.7 Å². The summed E-state index contributed by atoms with van der Waals surface area (Å²) in [5.74, 6) is 0.406. The van der Waals surface area contributed by atoms with E-state index in [1.807, 2.05) is 0 Å². The second kappa shape index (κ2) is 5.26. The van der Waals surface area contributed by atoms with Crippen LogP contribution in [0.3, 0.4) is 0 Å². The lowest BCUT2D eigenvalue weighted by Crippen LogP contribution is -2.28. The number of Topliss-reactive ketones (excluding diaryl/α,β-unsaturated/α-hetero) is 1. The van der Waals surface area contributed by atoms with Crippen molar-refractivity contribution < 1.29 is 4.79 Å². The second-order valence-corrected chi connectivity index (χ2v) is 8.43. The van der Waals surface area contributed by atoms with Gasteiger partial charge in [0.15, 0.2) is 5.78 Å². The van der Waals surface area contributed by atoms with E-state index in [1.165, 1.54) is 9.75 Å². The zero-order valence-corrected chi connectivity index (χ0v) is 14.6. The van der Waals surface area contributed by atoms with Gasteiger partial charge in [-0.3, -0.25) is 9.89 Å². The van der Waals surface area contributed by atoms with Gasteiger partial charge < -0.3 is 0 Å². The number of aromatic nitrogens is 2. The molecule has 0 atom stereocenters. The first kappa shape index (κ1) is 14.4. The first-order chi connectivity index (χ1) is 11.8. The predicted molar refractivity (Wildman–Crippen MR) is 97.8 cm³/mol. The molecule has 5 rings (SSSR count). The molecule has 5 heteroatoms. The molecule has 0 radical (unpaired) electrons. The van der Waals surface area contributed by atoms with E-state index in [4.69, 9.17) is 0 Å². The van der Waals surface area contributed by atoms with Crippen molar-refractivity contribution in [3.8, 4) is 0 Å². The van der Waals surface area contributed by atoms with Gasteiger partial charge in [0.25, 0.3) is 0 Å². The number of hydrogen-bond donors (Lipinski definition) is 1. The first-order valence-electron chi connectivity index (χ1n) is 8.16. The molecule has 2 aliphatic rings. The van der Waals surface area contributed by atoms with E-state index < -0.39 is 0 Å². The minimum absolute atomic E-state index is 0.151. The Morgan fingerprint density at radius 1 is 1.17 bits per heavy atom. The fourth-order valence-electron chi connectivity index (χ4n) is 3.52.